The average molecular weight is 254 g/mol. The van der Waals surface area contributed by atoms with E-state index in [9.17, 15) is 4.39 Å². The molecule has 0 heterocycles. The van der Waals surface area contributed by atoms with E-state index in [-0.39, 0.29) is 5.82 Å². The van der Waals surface area contributed by atoms with E-state index >= 15 is 0 Å². The third-order valence-corrected chi connectivity index (χ3v) is 2.60. The highest BCUT2D eigenvalue weighted by Gasteiger charge is 1.91. The first kappa shape index (κ1) is 13.0. The Morgan fingerprint density at radius 3 is 2.42 bits per heavy atom. The predicted molar refractivity (Wildman–Crippen MR) is 77.2 cm³/mol. The average Bonchev–Trinajstić information content (AvgIpc) is 2.45. The Morgan fingerprint density at radius 1 is 1.05 bits per heavy atom. The number of halogens is 1. The summed E-state index contributed by atoms with van der Waals surface area (Å²) in [6.45, 7) is 0.556. The van der Waals surface area contributed by atoms with Crippen molar-refractivity contribution < 1.29 is 4.39 Å². The van der Waals surface area contributed by atoms with Crippen LogP contribution in [0.1, 0.15) is 11.1 Å². The van der Waals surface area contributed by atoms with E-state index in [0.29, 0.717) is 12.4 Å². The fraction of sp³-hybridized carbons (Fsp3) is 0.0625. The lowest BCUT2D eigenvalue weighted by Crippen LogP contribution is -2.07. The molecule has 0 unspecified atom stereocenters. The van der Waals surface area contributed by atoms with Crippen LogP contribution in [0.25, 0.3) is 6.08 Å². The van der Waals surface area contributed by atoms with Gasteiger partial charge in [-0.1, -0.05) is 48.5 Å². The summed E-state index contributed by atoms with van der Waals surface area (Å²) in [5.74, 6) is 0.205. The normalized spacial score (nSPS) is 11.9. The second-order valence-corrected chi connectivity index (χ2v) is 4.11. The van der Waals surface area contributed by atoms with E-state index < -0.39 is 0 Å². The summed E-state index contributed by atoms with van der Waals surface area (Å²) >= 11 is 0. The summed E-state index contributed by atoms with van der Waals surface area (Å²) in [7, 11) is 0. The molecule has 0 fully saturated rings. The van der Waals surface area contributed by atoms with Gasteiger partial charge in [-0.05, 0) is 29.3 Å². The minimum Gasteiger partial charge on any atom is -0.384 e. The van der Waals surface area contributed by atoms with Crippen molar-refractivity contribution in [2.24, 2.45) is 10.7 Å². The van der Waals surface area contributed by atoms with Gasteiger partial charge in [0.15, 0.2) is 0 Å². The van der Waals surface area contributed by atoms with E-state index in [0.717, 1.165) is 11.1 Å². The number of nitrogens with zero attached hydrogens (tertiary/aromatic N) is 1. The summed E-state index contributed by atoms with van der Waals surface area (Å²) in [5.41, 5.74) is 7.79. The van der Waals surface area contributed by atoms with Crippen LogP contribution in [0.3, 0.4) is 0 Å². The van der Waals surface area contributed by atoms with Crippen molar-refractivity contribution in [3.05, 3.63) is 77.6 Å². The molecule has 0 spiro atoms. The van der Waals surface area contributed by atoms with E-state index in [4.69, 9.17) is 5.73 Å². The monoisotopic (exact) mass is 254 g/mol. The Hall–Kier alpha value is -2.42. The van der Waals surface area contributed by atoms with Gasteiger partial charge in [-0.25, -0.2) is 4.39 Å². The quantitative estimate of drug-likeness (QED) is 0.659. The third-order valence-electron chi connectivity index (χ3n) is 2.60. The van der Waals surface area contributed by atoms with Gasteiger partial charge in [0.05, 0.1) is 6.54 Å². The first-order chi connectivity index (χ1) is 9.24. The molecule has 0 radical (unpaired) electrons. The summed E-state index contributed by atoms with van der Waals surface area (Å²) < 4.78 is 12.7. The highest BCUT2D eigenvalue weighted by molar-refractivity contribution is 5.95. The molecule has 0 aliphatic heterocycles. The molecule has 2 aromatic rings. The molecule has 2 nitrogen and oxygen atoms in total. The molecule has 96 valence electrons. The number of benzene rings is 2. The lowest BCUT2D eigenvalue weighted by Gasteiger charge is -1.97. The number of hydrogen-bond acceptors (Lipinski definition) is 1. The molecule has 2 aromatic carbocycles. The number of nitrogens with two attached hydrogens (primary N) is 1. The first-order valence-electron chi connectivity index (χ1n) is 6.01. The van der Waals surface area contributed by atoms with Gasteiger partial charge in [0.1, 0.15) is 11.7 Å². The maximum absolute atomic E-state index is 12.7. The largest absolute Gasteiger partial charge is 0.384 e. The zero-order chi connectivity index (χ0) is 13.5. The van der Waals surface area contributed by atoms with Crippen LogP contribution in [0.4, 0.5) is 4.39 Å². The van der Waals surface area contributed by atoms with Crippen molar-refractivity contribution in [2.45, 2.75) is 6.54 Å². The van der Waals surface area contributed by atoms with Crippen molar-refractivity contribution in [2.75, 3.05) is 0 Å². The zero-order valence-electron chi connectivity index (χ0n) is 10.5. The van der Waals surface area contributed by atoms with Crippen LogP contribution in [0.2, 0.25) is 0 Å². The summed E-state index contributed by atoms with van der Waals surface area (Å²) in [6, 6.07) is 16.1. The molecular weight excluding hydrogens is 239 g/mol. The molecular formula is C16H15FN2. The Labute approximate surface area is 112 Å². The smallest absolute Gasteiger partial charge is 0.123 e. The molecule has 2 rings (SSSR count). The zero-order valence-corrected chi connectivity index (χ0v) is 10.5. The van der Waals surface area contributed by atoms with Crippen molar-refractivity contribution in [1.82, 2.24) is 0 Å². The van der Waals surface area contributed by atoms with Crippen molar-refractivity contribution in [3.8, 4) is 0 Å². The Kier molecular flexibility index (Phi) is 4.45. The number of hydrogen-bond donors (Lipinski definition) is 1. The van der Waals surface area contributed by atoms with E-state index in [1.54, 1.807) is 18.2 Å². The Balaban J connectivity index is 1.96. The molecule has 0 aliphatic rings. The molecule has 19 heavy (non-hydrogen) atoms. The molecule has 0 atom stereocenters. The third kappa shape index (κ3) is 4.39. The second kappa shape index (κ2) is 6.50. The number of amidine groups is 1. The second-order valence-electron chi connectivity index (χ2n) is 4.11. The standard InChI is InChI=1S/C16H15FN2/c17-15-9-6-13(7-10-15)8-11-16(18)19-12-14-4-2-1-3-5-14/h1-11H,12H2,(H2,18,19). The van der Waals surface area contributed by atoms with Gasteiger partial charge < -0.3 is 5.73 Å². The van der Waals surface area contributed by atoms with Gasteiger partial charge in [0, 0.05) is 0 Å². The maximum atomic E-state index is 12.7. The van der Waals surface area contributed by atoms with E-state index in [1.165, 1.54) is 12.1 Å². The topological polar surface area (TPSA) is 38.4 Å². The molecule has 0 bridgehead atoms. The molecule has 0 saturated heterocycles. The van der Waals surface area contributed by atoms with Crippen molar-refractivity contribution >= 4 is 11.9 Å². The molecule has 2 N–H and O–H groups in total. The minimum absolute atomic E-state index is 0.247. The molecule has 0 aliphatic carbocycles. The fourth-order valence-electron chi connectivity index (χ4n) is 1.57. The predicted octanol–water partition coefficient (Wildman–Crippen LogP) is 3.40. The van der Waals surface area contributed by atoms with Crippen LogP contribution in [0.5, 0.6) is 0 Å². The number of rotatable bonds is 4. The SMILES string of the molecule is NC(C=Cc1ccc(F)cc1)=NCc1ccccc1. The minimum atomic E-state index is -0.247. The van der Waals surface area contributed by atoms with Crippen LogP contribution in [0, 0.1) is 5.82 Å². The lowest BCUT2D eigenvalue weighted by molar-refractivity contribution is 0.628. The van der Waals surface area contributed by atoms with Crippen LogP contribution < -0.4 is 5.73 Å². The first-order valence-corrected chi connectivity index (χ1v) is 6.01. The van der Waals surface area contributed by atoms with Gasteiger partial charge in [0.25, 0.3) is 0 Å². The Morgan fingerprint density at radius 2 is 1.74 bits per heavy atom. The van der Waals surface area contributed by atoms with Gasteiger partial charge in [0.2, 0.25) is 0 Å². The van der Waals surface area contributed by atoms with Crippen LogP contribution >= 0.6 is 0 Å². The lowest BCUT2D eigenvalue weighted by atomic mass is 10.2. The summed E-state index contributed by atoms with van der Waals surface area (Å²) in [6.07, 6.45) is 3.53. The molecule has 0 saturated carbocycles. The molecule has 3 heteroatoms. The van der Waals surface area contributed by atoms with E-state index in [1.807, 2.05) is 36.4 Å². The summed E-state index contributed by atoms with van der Waals surface area (Å²) in [5, 5.41) is 0. The highest BCUT2D eigenvalue weighted by atomic mass is 19.1. The molecule has 0 aromatic heterocycles. The van der Waals surface area contributed by atoms with Crippen LogP contribution in [-0.2, 0) is 6.54 Å². The summed E-state index contributed by atoms with van der Waals surface area (Å²) in [4.78, 5) is 4.26. The fourth-order valence-corrected chi connectivity index (χ4v) is 1.57. The van der Waals surface area contributed by atoms with Gasteiger partial charge in [-0.3, -0.25) is 4.99 Å². The van der Waals surface area contributed by atoms with Crippen molar-refractivity contribution in [1.29, 1.82) is 0 Å². The van der Waals surface area contributed by atoms with Gasteiger partial charge in [-0.2, -0.15) is 0 Å². The maximum Gasteiger partial charge on any atom is 0.123 e. The van der Waals surface area contributed by atoms with Gasteiger partial charge >= 0.3 is 0 Å². The van der Waals surface area contributed by atoms with Gasteiger partial charge in [-0.15, -0.1) is 0 Å². The van der Waals surface area contributed by atoms with Crippen LogP contribution in [0.15, 0.2) is 65.7 Å². The number of aliphatic imine (C=N–C) groups is 1. The van der Waals surface area contributed by atoms with Crippen LogP contribution in [-0.4, -0.2) is 5.84 Å². The Bertz CT molecular complexity index is 571. The highest BCUT2D eigenvalue weighted by Crippen LogP contribution is 2.05. The van der Waals surface area contributed by atoms with E-state index in [2.05, 4.69) is 4.99 Å². The molecule has 0 amide bonds. The van der Waals surface area contributed by atoms with Crippen molar-refractivity contribution in [3.63, 3.8) is 0 Å².